The molecule has 12 heteroatoms. The van der Waals surface area contributed by atoms with Gasteiger partial charge < -0.3 is 28.4 Å². The van der Waals surface area contributed by atoms with Gasteiger partial charge in [0.1, 0.15) is 12.2 Å². The fourth-order valence-electron chi connectivity index (χ4n) is 3.62. The Hall–Kier alpha value is -2.40. The molecule has 1 aliphatic heterocycles. The van der Waals surface area contributed by atoms with Gasteiger partial charge in [-0.05, 0) is 11.1 Å². The molecular formula is C25H26Cl3NO8. The van der Waals surface area contributed by atoms with Crippen LogP contribution in [-0.4, -0.2) is 59.4 Å². The largest absolute Gasteiger partial charge is 0.467 e. The van der Waals surface area contributed by atoms with Gasteiger partial charge in [0.15, 0.2) is 12.2 Å². The third kappa shape index (κ3) is 8.29. The van der Waals surface area contributed by atoms with E-state index >= 15 is 0 Å². The van der Waals surface area contributed by atoms with E-state index in [0.717, 1.165) is 11.1 Å². The van der Waals surface area contributed by atoms with Crippen molar-refractivity contribution in [1.82, 2.24) is 0 Å². The van der Waals surface area contributed by atoms with Gasteiger partial charge in [-0.25, -0.2) is 4.79 Å². The minimum absolute atomic E-state index is 0.0665. The Labute approximate surface area is 229 Å². The zero-order valence-electron chi connectivity index (χ0n) is 20.0. The number of nitrogens with one attached hydrogen (secondary N) is 1. The molecule has 1 heterocycles. The topological polar surface area (TPSA) is 113 Å². The van der Waals surface area contributed by atoms with Crippen LogP contribution in [0.2, 0.25) is 0 Å². The van der Waals surface area contributed by atoms with Gasteiger partial charge in [0.25, 0.3) is 3.79 Å². The number of ether oxygens (including phenoxy) is 6. The lowest BCUT2D eigenvalue weighted by Gasteiger charge is -2.44. The van der Waals surface area contributed by atoms with Crippen molar-refractivity contribution < 1.29 is 38.0 Å². The zero-order valence-corrected chi connectivity index (χ0v) is 22.2. The van der Waals surface area contributed by atoms with Gasteiger partial charge in [-0.15, -0.1) is 0 Å². The lowest BCUT2D eigenvalue weighted by Crippen LogP contribution is -2.63. The summed E-state index contributed by atoms with van der Waals surface area (Å²) in [6.45, 7) is 1.32. The van der Waals surface area contributed by atoms with Gasteiger partial charge >= 0.3 is 11.9 Å². The van der Waals surface area contributed by atoms with E-state index in [2.05, 4.69) is 0 Å². The molecule has 0 radical (unpaired) electrons. The first kappa shape index (κ1) is 29.2. The molecule has 5 atom stereocenters. The average molecular weight is 575 g/mol. The van der Waals surface area contributed by atoms with Crippen LogP contribution in [0.4, 0.5) is 0 Å². The number of halogens is 3. The van der Waals surface area contributed by atoms with Gasteiger partial charge in [0.2, 0.25) is 12.2 Å². The van der Waals surface area contributed by atoms with Crippen molar-refractivity contribution in [3.05, 3.63) is 71.8 Å². The molecule has 0 bridgehead atoms. The number of hydrogen-bond donors (Lipinski definition) is 1. The van der Waals surface area contributed by atoms with Crippen molar-refractivity contribution in [2.24, 2.45) is 0 Å². The molecule has 1 N–H and O–H groups in total. The molecular weight excluding hydrogens is 549 g/mol. The highest BCUT2D eigenvalue weighted by Gasteiger charge is 2.54. The summed E-state index contributed by atoms with van der Waals surface area (Å²) in [4.78, 5) is 24.9. The number of carbonyl (C=O) groups is 2. The van der Waals surface area contributed by atoms with E-state index in [1.807, 2.05) is 60.7 Å². The van der Waals surface area contributed by atoms with Gasteiger partial charge in [-0.2, -0.15) is 0 Å². The standard InChI is InChI=1S/C25H26Cl3NO8/c1-15(30)35-21-19(34-14-17-11-7-4-8-12-17)18(33-13-16-9-5-3-6-10-16)20(22(31)32-2)36-23(21)37-24(29)25(26,27)28/h3-12,18-21,23,29H,13-14H2,1-2H3/t18-,19-,20-,21+,23+/m0/s1. The lowest BCUT2D eigenvalue weighted by atomic mass is 9.97. The summed E-state index contributed by atoms with van der Waals surface area (Å²) in [5, 5.41) is 7.99. The van der Waals surface area contributed by atoms with Gasteiger partial charge in [0.05, 0.1) is 20.3 Å². The predicted molar refractivity (Wildman–Crippen MR) is 135 cm³/mol. The number of alkyl halides is 3. The summed E-state index contributed by atoms with van der Waals surface area (Å²) in [7, 11) is 1.18. The van der Waals surface area contributed by atoms with Crippen LogP contribution in [0.1, 0.15) is 18.1 Å². The molecule has 1 aliphatic rings. The molecule has 9 nitrogen and oxygen atoms in total. The fourth-order valence-corrected chi connectivity index (χ4v) is 3.75. The summed E-state index contributed by atoms with van der Waals surface area (Å²) >= 11 is 17.3. The van der Waals surface area contributed by atoms with Crippen molar-refractivity contribution in [3.8, 4) is 0 Å². The van der Waals surface area contributed by atoms with Gasteiger partial charge in [-0.1, -0.05) is 95.5 Å². The molecule has 3 rings (SSSR count). The van der Waals surface area contributed by atoms with Crippen LogP contribution in [0.3, 0.4) is 0 Å². The molecule has 0 aliphatic carbocycles. The van der Waals surface area contributed by atoms with Crippen LogP contribution < -0.4 is 0 Å². The van der Waals surface area contributed by atoms with Crippen LogP contribution in [0, 0.1) is 5.41 Å². The number of carbonyl (C=O) groups excluding carboxylic acids is 2. The summed E-state index contributed by atoms with van der Waals surface area (Å²) in [6, 6.07) is 18.4. The maximum atomic E-state index is 12.8. The number of rotatable bonds is 9. The molecule has 2 aromatic rings. The monoisotopic (exact) mass is 573 g/mol. The SMILES string of the molecule is COC(=O)[C@H]1O[C@H](OC(=N)C(Cl)(Cl)Cl)[C@H](OC(C)=O)[C@@H](OCc2ccccc2)[C@@H]1OCc1ccccc1. The van der Waals surface area contributed by atoms with Crippen LogP contribution in [0.25, 0.3) is 0 Å². The molecule has 0 unspecified atom stereocenters. The smallest absolute Gasteiger partial charge is 0.338 e. The Bertz CT molecular complexity index is 1050. The van der Waals surface area contributed by atoms with Crippen molar-refractivity contribution in [3.63, 3.8) is 0 Å². The Morgan fingerprint density at radius 3 is 1.84 bits per heavy atom. The third-order valence-electron chi connectivity index (χ3n) is 5.29. The highest BCUT2D eigenvalue weighted by Crippen LogP contribution is 2.34. The van der Waals surface area contributed by atoms with Crippen LogP contribution in [0.15, 0.2) is 60.7 Å². The van der Waals surface area contributed by atoms with Crippen LogP contribution in [-0.2, 0) is 51.2 Å². The number of hydrogen-bond acceptors (Lipinski definition) is 9. The van der Waals surface area contributed by atoms with Crippen molar-refractivity contribution in [1.29, 1.82) is 5.41 Å². The van der Waals surface area contributed by atoms with E-state index in [9.17, 15) is 9.59 Å². The third-order valence-corrected chi connectivity index (χ3v) is 5.81. The van der Waals surface area contributed by atoms with E-state index in [1.165, 1.54) is 14.0 Å². The maximum absolute atomic E-state index is 12.8. The van der Waals surface area contributed by atoms with E-state index in [1.54, 1.807) is 0 Å². The molecule has 0 aromatic heterocycles. The minimum Gasteiger partial charge on any atom is -0.467 e. The van der Waals surface area contributed by atoms with Crippen molar-refractivity contribution in [2.75, 3.05) is 7.11 Å². The van der Waals surface area contributed by atoms with E-state index in [0.29, 0.717) is 0 Å². The molecule has 37 heavy (non-hydrogen) atoms. The van der Waals surface area contributed by atoms with E-state index in [-0.39, 0.29) is 13.2 Å². The zero-order chi connectivity index (χ0) is 27.0. The van der Waals surface area contributed by atoms with E-state index in [4.69, 9.17) is 68.6 Å². The Morgan fingerprint density at radius 2 is 1.38 bits per heavy atom. The first-order chi connectivity index (χ1) is 17.6. The van der Waals surface area contributed by atoms with Gasteiger partial charge in [0, 0.05) is 6.92 Å². The van der Waals surface area contributed by atoms with E-state index < -0.39 is 52.3 Å². The first-order valence-electron chi connectivity index (χ1n) is 11.1. The fraction of sp³-hybridized carbons (Fsp3) is 0.400. The Balaban J connectivity index is 1.98. The van der Waals surface area contributed by atoms with Crippen molar-refractivity contribution in [2.45, 2.75) is 54.6 Å². The summed E-state index contributed by atoms with van der Waals surface area (Å²) in [6.07, 6.45) is -6.49. The lowest BCUT2D eigenvalue weighted by molar-refractivity contribution is -0.297. The second kappa shape index (κ2) is 13.4. The highest BCUT2D eigenvalue weighted by atomic mass is 35.6. The number of benzene rings is 2. The Morgan fingerprint density at radius 1 is 0.865 bits per heavy atom. The normalized spacial score (nSPS) is 23.6. The molecule has 0 amide bonds. The number of methoxy groups -OCH3 is 1. The predicted octanol–water partition coefficient (Wildman–Crippen LogP) is 4.35. The van der Waals surface area contributed by atoms with Crippen molar-refractivity contribution >= 4 is 52.6 Å². The summed E-state index contributed by atoms with van der Waals surface area (Å²) in [5.41, 5.74) is 1.62. The molecule has 200 valence electrons. The molecule has 0 spiro atoms. The number of esters is 2. The molecule has 1 saturated heterocycles. The van der Waals surface area contributed by atoms with Crippen LogP contribution in [0.5, 0.6) is 0 Å². The van der Waals surface area contributed by atoms with Crippen LogP contribution >= 0.6 is 34.8 Å². The maximum Gasteiger partial charge on any atom is 0.338 e. The molecule has 1 fully saturated rings. The average Bonchev–Trinajstić information content (AvgIpc) is 2.87. The highest BCUT2D eigenvalue weighted by molar-refractivity contribution is 6.76. The molecule has 2 aromatic carbocycles. The quantitative estimate of drug-likeness (QED) is 0.204. The summed E-state index contributed by atoms with van der Waals surface area (Å²) in [5.74, 6) is -2.32. The second-order valence-corrected chi connectivity index (χ2v) is 10.3. The second-order valence-electron chi connectivity index (χ2n) is 7.99. The van der Waals surface area contributed by atoms with Gasteiger partial charge in [-0.3, -0.25) is 10.2 Å². The minimum atomic E-state index is -2.24. The summed E-state index contributed by atoms with van der Waals surface area (Å²) < 4.78 is 31.7. The molecule has 0 saturated carbocycles. The first-order valence-corrected chi connectivity index (χ1v) is 12.3. The Kier molecular flexibility index (Phi) is 10.6.